The first-order chi connectivity index (χ1) is 19.7. The average Bonchev–Trinajstić information content (AvgIpc) is 2.96. The van der Waals surface area contributed by atoms with E-state index in [9.17, 15) is 18.8 Å². The molecule has 4 rings (SSSR count). The van der Waals surface area contributed by atoms with Gasteiger partial charge in [0.15, 0.2) is 0 Å². The van der Waals surface area contributed by atoms with E-state index in [4.69, 9.17) is 23.2 Å². The molecule has 3 N–H and O–H groups in total. The molecule has 208 valence electrons. The van der Waals surface area contributed by atoms with E-state index in [1.807, 2.05) is 0 Å². The van der Waals surface area contributed by atoms with E-state index < -0.39 is 22.9 Å². The van der Waals surface area contributed by atoms with Gasteiger partial charge in [0, 0.05) is 32.4 Å². The SMILES string of the molecule is CC(Sc1cccc(NC(=O)/C(=C\c2c(F)cccc2Cl)NC(=O)c2ccccc2)c1)C(=O)Nc1ccc(Cl)cc1. The van der Waals surface area contributed by atoms with E-state index >= 15 is 0 Å². The van der Waals surface area contributed by atoms with Crippen molar-refractivity contribution in [3.05, 3.63) is 130 Å². The van der Waals surface area contributed by atoms with Gasteiger partial charge in [0.25, 0.3) is 11.8 Å². The highest BCUT2D eigenvalue weighted by Crippen LogP contribution is 2.27. The van der Waals surface area contributed by atoms with E-state index in [0.717, 1.165) is 4.90 Å². The summed E-state index contributed by atoms with van der Waals surface area (Å²) in [6, 6.07) is 26.1. The Bertz CT molecular complexity index is 1580. The highest BCUT2D eigenvalue weighted by Gasteiger charge is 2.18. The van der Waals surface area contributed by atoms with E-state index in [1.165, 1.54) is 36.0 Å². The number of amides is 3. The van der Waals surface area contributed by atoms with Crippen molar-refractivity contribution in [3.8, 4) is 0 Å². The van der Waals surface area contributed by atoms with Crippen LogP contribution < -0.4 is 16.0 Å². The van der Waals surface area contributed by atoms with Crippen LogP contribution in [0.3, 0.4) is 0 Å². The molecule has 0 aliphatic rings. The summed E-state index contributed by atoms with van der Waals surface area (Å²) in [6.07, 6.45) is 1.19. The van der Waals surface area contributed by atoms with Crippen LogP contribution >= 0.6 is 35.0 Å². The maximum Gasteiger partial charge on any atom is 0.272 e. The Kier molecular flexibility index (Phi) is 10.2. The molecular weight excluding hydrogens is 584 g/mol. The summed E-state index contributed by atoms with van der Waals surface area (Å²) in [7, 11) is 0. The third-order valence-electron chi connectivity index (χ3n) is 5.70. The quantitative estimate of drug-likeness (QED) is 0.135. The van der Waals surface area contributed by atoms with Gasteiger partial charge in [-0.2, -0.15) is 0 Å². The van der Waals surface area contributed by atoms with Crippen molar-refractivity contribution in [1.82, 2.24) is 5.32 Å². The predicted molar refractivity (Wildman–Crippen MR) is 164 cm³/mol. The third kappa shape index (κ3) is 8.44. The minimum Gasteiger partial charge on any atom is -0.325 e. The molecule has 3 amide bonds. The fourth-order valence-corrected chi connectivity index (χ4v) is 4.89. The van der Waals surface area contributed by atoms with Gasteiger partial charge < -0.3 is 16.0 Å². The van der Waals surface area contributed by atoms with Gasteiger partial charge in [-0.05, 0) is 79.7 Å². The second kappa shape index (κ2) is 14.0. The van der Waals surface area contributed by atoms with E-state index in [-0.39, 0.29) is 22.2 Å². The van der Waals surface area contributed by atoms with Gasteiger partial charge in [-0.1, -0.05) is 53.5 Å². The zero-order chi connectivity index (χ0) is 29.4. The highest BCUT2D eigenvalue weighted by molar-refractivity contribution is 8.00. The number of hydrogen-bond donors (Lipinski definition) is 3. The van der Waals surface area contributed by atoms with Crippen LogP contribution in [0.15, 0.2) is 108 Å². The summed E-state index contributed by atoms with van der Waals surface area (Å²) in [6.45, 7) is 1.76. The normalized spacial score (nSPS) is 11.9. The Morgan fingerprint density at radius 1 is 0.829 bits per heavy atom. The van der Waals surface area contributed by atoms with Crippen LogP contribution in [0.5, 0.6) is 0 Å². The van der Waals surface area contributed by atoms with Gasteiger partial charge >= 0.3 is 0 Å². The van der Waals surface area contributed by atoms with Crippen LogP contribution in [0.25, 0.3) is 6.08 Å². The summed E-state index contributed by atoms with van der Waals surface area (Å²) < 4.78 is 14.5. The third-order valence-corrected chi connectivity index (χ3v) is 7.38. The number of anilines is 2. The minimum absolute atomic E-state index is 0.0440. The van der Waals surface area contributed by atoms with Gasteiger partial charge in [-0.15, -0.1) is 11.8 Å². The lowest BCUT2D eigenvalue weighted by Crippen LogP contribution is -2.30. The molecule has 0 saturated heterocycles. The first-order valence-corrected chi connectivity index (χ1v) is 14.0. The summed E-state index contributed by atoms with van der Waals surface area (Å²) in [5, 5.41) is 8.32. The van der Waals surface area contributed by atoms with Gasteiger partial charge in [-0.3, -0.25) is 14.4 Å². The Balaban J connectivity index is 1.51. The smallest absolute Gasteiger partial charge is 0.272 e. The number of halogens is 3. The Morgan fingerprint density at radius 3 is 2.24 bits per heavy atom. The molecular formula is C31H24Cl2FN3O3S. The number of hydrogen-bond acceptors (Lipinski definition) is 4. The molecule has 4 aromatic carbocycles. The molecule has 1 unspecified atom stereocenters. The van der Waals surface area contributed by atoms with Crippen LogP contribution in [0.4, 0.5) is 15.8 Å². The lowest BCUT2D eigenvalue weighted by molar-refractivity contribution is -0.115. The lowest BCUT2D eigenvalue weighted by Gasteiger charge is -2.14. The van der Waals surface area contributed by atoms with Crippen molar-refractivity contribution in [2.75, 3.05) is 10.6 Å². The molecule has 4 aromatic rings. The monoisotopic (exact) mass is 607 g/mol. The molecule has 0 fully saturated rings. The van der Waals surface area contributed by atoms with Crippen molar-refractivity contribution in [3.63, 3.8) is 0 Å². The maximum atomic E-state index is 14.5. The topological polar surface area (TPSA) is 87.3 Å². The molecule has 41 heavy (non-hydrogen) atoms. The van der Waals surface area contributed by atoms with Crippen LogP contribution in [-0.4, -0.2) is 23.0 Å². The maximum absolute atomic E-state index is 14.5. The Labute approximate surface area is 250 Å². The molecule has 0 aliphatic carbocycles. The number of nitrogens with one attached hydrogen (secondary N) is 3. The van der Waals surface area contributed by atoms with Crippen molar-refractivity contribution < 1.29 is 18.8 Å². The minimum atomic E-state index is -0.690. The van der Waals surface area contributed by atoms with Gasteiger partial charge in [-0.25, -0.2) is 4.39 Å². The number of carbonyl (C=O) groups excluding carboxylic acids is 3. The van der Waals surface area contributed by atoms with Crippen molar-refractivity contribution >= 4 is 70.1 Å². The molecule has 0 heterocycles. The standard InChI is InChI=1S/C31H24Cl2FN3O3S/c1-19(29(38)35-22-15-13-21(32)14-16-22)41-24-10-5-9-23(17-24)36-31(40)28(18-25-26(33)11-6-12-27(25)34)37-30(39)20-7-3-2-4-8-20/h2-19H,1H3,(H,35,38)(H,36,40)(H,37,39)/b28-18+. The lowest BCUT2D eigenvalue weighted by atomic mass is 10.1. The average molecular weight is 609 g/mol. The molecule has 0 radical (unpaired) electrons. The molecule has 10 heteroatoms. The Morgan fingerprint density at radius 2 is 1.54 bits per heavy atom. The first-order valence-electron chi connectivity index (χ1n) is 12.4. The zero-order valence-electron chi connectivity index (χ0n) is 21.7. The largest absolute Gasteiger partial charge is 0.325 e. The summed E-state index contributed by atoms with van der Waals surface area (Å²) >= 11 is 13.4. The first kappa shape index (κ1) is 29.9. The molecule has 0 bridgehead atoms. The van der Waals surface area contributed by atoms with E-state index in [0.29, 0.717) is 22.0 Å². The molecule has 1 atom stereocenters. The number of rotatable bonds is 9. The van der Waals surface area contributed by atoms with Crippen LogP contribution in [-0.2, 0) is 9.59 Å². The van der Waals surface area contributed by atoms with Crippen molar-refractivity contribution in [2.45, 2.75) is 17.1 Å². The predicted octanol–water partition coefficient (Wildman–Crippen LogP) is 7.66. The molecule has 0 aliphatic heterocycles. The van der Waals surface area contributed by atoms with Crippen molar-refractivity contribution in [1.29, 1.82) is 0 Å². The van der Waals surface area contributed by atoms with Crippen molar-refractivity contribution in [2.24, 2.45) is 0 Å². The summed E-state index contributed by atoms with van der Waals surface area (Å²) in [5.74, 6) is -2.10. The number of carbonyl (C=O) groups is 3. The van der Waals surface area contributed by atoms with Gasteiger partial charge in [0.2, 0.25) is 5.91 Å². The summed E-state index contributed by atoms with van der Waals surface area (Å²) in [4.78, 5) is 39.6. The zero-order valence-corrected chi connectivity index (χ0v) is 24.0. The van der Waals surface area contributed by atoms with Gasteiger partial charge in [0.1, 0.15) is 11.5 Å². The molecule has 6 nitrogen and oxygen atoms in total. The second-order valence-electron chi connectivity index (χ2n) is 8.75. The number of benzene rings is 4. The summed E-state index contributed by atoms with van der Waals surface area (Å²) in [5.41, 5.74) is 1.09. The highest BCUT2D eigenvalue weighted by atomic mass is 35.5. The van der Waals surface area contributed by atoms with Crippen LogP contribution in [0, 0.1) is 5.82 Å². The van der Waals surface area contributed by atoms with E-state index in [2.05, 4.69) is 16.0 Å². The van der Waals surface area contributed by atoms with Crippen LogP contribution in [0.1, 0.15) is 22.8 Å². The number of thioether (sulfide) groups is 1. The Hall–Kier alpha value is -4.11. The molecule has 0 aromatic heterocycles. The molecule has 0 saturated carbocycles. The van der Waals surface area contributed by atoms with Crippen LogP contribution in [0.2, 0.25) is 10.0 Å². The second-order valence-corrected chi connectivity index (χ2v) is 11.0. The van der Waals surface area contributed by atoms with E-state index in [1.54, 1.807) is 85.8 Å². The van der Waals surface area contributed by atoms with Gasteiger partial charge in [0.05, 0.1) is 10.3 Å². The molecule has 0 spiro atoms. The fraction of sp³-hybridized carbons (Fsp3) is 0.0645. The fourth-order valence-electron chi connectivity index (χ4n) is 3.62.